The summed E-state index contributed by atoms with van der Waals surface area (Å²) in [4.78, 5) is 2.28. The summed E-state index contributed by atoms with van der Waals surface area (Å²) < 4.78 is 8.82. The summed E-state index contributed by atoms with van der Waals surface area (Å²) in [5, 5.41) is 9.93. The van der Waals surface area contributed by atoms with E-state index in [0.717, 1.165) is 54.2 Å². The highest BCUT2D eigenvalue weighted by Gasteiger charge is 2.21. The van der Waals surface area contributed by atoms with Crippen molar-refractivity contribution in [2.45, 2.75) is 31.3 Å². The Bertz CT molecular complexity index is 653. The van der Waals surface area contributed by atoms with Gasteiger partial charge in [0.05, 0.1) is 13.2 Å². The Hall–Kier alpha value is -1.05. The third-order valence-electron chi connectivity index (χ3n) is 3.82. The molecule has 3 rings (SSSR count). The van der Waals surface area contributed by atoms with Gasteiger partial charge >= 0.3 is 0 Å². The number of ether oxygens (including phenoxy) is 1. The number of benzene rings is 1. The lowest BCUT2D eigenvalue weighted by atomic mass is 10.2. The molecule has 0 aliphatic carbocycles. The molecule has 24 heavy (non-hydrogen) atoms. The van der Waals surface area contributed by atoms with Crippen LogP contribution in [0.5, 0.6) is 0 Å². The van der Waals surface area contributed by atoms with E-state index in [2.05, 4.69) is 73.7 Å². The second-order valence-corrected chi connectivity index (χ2v) is 8.16. The first-order valence-corrected chi connectivity index (χ1v) is 10.0. The van der Waals surface area contributed by atoms with Gasteiger partial charge in [0.25, 0.3) is 0 Å². The fraction of sp³-hybridized carbons (Fsp3) is 0.529. The van der Waals surface area contributed by atoms with E-state index in [0.29, 0.717) is 5.92 Å². The summed E-state index contributed by atoms with van der Waals surface area (Å²) in [5.74, 6) is 2.42. The maximum absolute atomic E-state index is 5.46. The van der Waals surface area contributed by atoms with E-state index in [-0.39, 0.29) is 0 Å². The van der Waals surface area contributed by atoms with Crippen LogP contribution in [0.3, 0.4) is 0 Å². The second kappa shape index (κ2) is 8.36. The molecule has 2 heterocycles. The first-order chi connectivity index (χ1) is 11.6. The minimum atomic E-state index is 0.549. The van der Waals surface area contributed by atoms with Crippen LogP contribution in [0.25, 0.3) is 0 Å². The minimum Gasteiger partial charge on any atom is -0.378 e. The van der Waals surface area contributed by atoms with Crippen LogP contribution in [0.1, 0.15) is 19.4 Å². The van der Waals surface area contributed by atoms with Crippen LogP contribution in [0, 0.1) is 5.92 Å². The van der Waals surface area contributed by atoms with Crippen molar-refractivity contribution in [3.63, 3.8) is 0 Å². The summed E-state index contributed by atoms with van der Waals surface area (Å²) in [7, 11) is 0. The summed E-state index contributed by atoms with van der Waals surface area (Å²) in [6, 6.07) is 8.44. The maximum atomic E-state index is 5.46. The number of halogens is 1. The SMILES string of the molecule is CC(C)Cn1c(SCc2ccc(Br)cc2)nnc1N1CCOCC1. The van der Waals surface area contributed by atoms with Gasteiger partial charge in [0.15, 0.2) is 5.16 Å². The van der Waals surface area contributed by atoms with Gasteiger partial charge < -0.3 is 9.64 Å². The van der Waals surface area contributed by atoms with E-state index in [1.807, 2.05) is 0 Å². The molecule has 7 heteroatoms. The van der Waals surface area contributed by atoms with Crippen molar-refractivity contribution in [1.82, 2.24) is 14.8 Å². The lowest BCUT2D eigenvalue weighted by Gasteiger charge is -2.28. The Labute approximate surface area is 155 Å². The number of aromatic nitrogens is 3. The Morgan fingerprint density at radius 2 is 1.88 bits per heavy atom. The first kappa shape index (κ1) is 17.8. The van der Waals surface area contributed by atoms with Crippen molar-refractivity contribution in [3.8, 4) is 0 Å². The van der Waals surface area contributed by atoms with Gasteiger partial charge in [-0.15, -0.1) is 10.2 Å². The van der Waals surface area contributed by atoms with E-state index in [1.54, 1.807) is 11.8 Å². The Morgan fingerprint density at radius 3 is 2.54 bits per heavy atom. The Balaban J connectivity index is 1.76. The van der Waals surface area contributed by atoms with E-state index in [9.17, 15) is 0 Å². The predicted octanol–water partition coefficient (Wildman–Crippen LogP) is 3.83. The zero-order chi connectivity index (χ0) is 16.9. The van der Waals surface area contributed by atoms with Gasteiger partial charge in [-0.2, -0.15) is 0 Å². The number of rotatable bonds is 6. The third-order valence-corrected chi connectivity index (χ3v) is 5.39. The fourth-order valence-electron chi connectivity index (χ4n) is 2.64. The number of thioether (sulfide) groups is 1. The normalized spacial score (nSPS) is 15.2. The molecule has 0 amide bonds. The molecule has 1 aromatic carbocycles. The summed E-state index contributed by atoms with van der Waals surface area (Å²) in [5.41, 5.74) is 1.29. The molecule has 130 valence electrons. The quantitative estimate of drug-likeness (QED) is 0.676. The van der Waals surface area contributed by atoms with Gasteiger partial charge in [0.2, 0.25) is 5.95 Å². The Kier molecular flexibility index (Phi) is 6.19. The smallest absolute Gasteiger partial charge is 0.228 e. The minimum absolute atomic E-state index is 0.549. The van der Waals surface area contributed by atoms with Gasteiger partial charge in [-0.05, 0) is 23.6 Å². The number of morpholine rings is 1. The van der Waals surface area contributed by atoms with Crippen molar-refractivity contribution >= 4 is 33.6 Å². The lowest BCUT2D eigenvalue weighted by Crippen LogP contribution is -2.38. The molecule has 0 N–H and O–H groups in total. The molecule has 0 atom stereocenters. The molecule has 1 fully saturated rings. The highest BCUT2D eigenvalue weighted by atomic mass is 79.9. The molecule has 1 aliphatic rings. The van der Waals surface area contributed by atoms with Gasteiger partial charge in [0, 0.05) is 29.9 Å². The van der Waals surface area contributed by atoms with Crippen LogP contribution in [0.2, 0.25) is 0 Å². The standard InChI is InChI=1S/C17H23BrN4OS/c1-13(2)11-22-16(21-7-9-23-10-8-21)19-20-17(22)24-12-14-3-5-15(18)6-4-14/h3-6,13H,7-12H2,1-2H3. The largest absolute Gasteiger partial charge is 0.378 e. The van der Waals surface area contributed by atoms with Crippen molar-refractivity contribution in [1.29, 1.82) is 0 Å². The topological polar surface area (TPSA) is 43.2 Å². The van der Waals surface area contributed by atoms with Crippen LogP contribution in [0.4, 0.5) is 5.95 Å². The molecule has 0 bridgehead atoms. The van der Waals surface area contributed by atoms with Crippen LogP contribution in [-0.4, -0.2) is 41.1 Å². The van der Waals surface area contributed by atoms with Gasteiger partial charge in [0.1, 0.15) is 0 Å². The van der Waals surface area contributed by atoms with Crippen LogP contribution < -0.4 is 4.90 Å². The summed E-state index contributed by atoms with van der Waals surface area (Å²) in [6.45, 7) is 8.67. The van der Waals surface area contributed by atoms with Crippen LogP contribution >= 0.6 is 27.7 Å². The zero-order valence-electron chi connectivity index (χ0n) is 14.1. The molecule has 0 radical (unpaired) electrons. The molecule has 1 saturated heterocycles. The Morgan fingerprint density at radius 1 is 1.17 bits per heavy atom. The molecular weight excluding hydrogens is 388 g/mol. The highest BCUT2D eigenvalue weighted by Crippen LogP contribution is 2.27. The summed E-state index contributed by atoms with van der Waals surface area (Å²) in [6.07, 6.45) is 0. The van der Waals surface area contributed by atoms with Crippen molar-refractivity contribution < 1.29 is 4.74 Å². The van der Waals surface area contributed by atoms with E-state index in [4.69, 9.17) is 4.74 Å². The summed E-state index contributed by atoms with van der Waals surface area (Å²) >= 11 is 5.23. The first-order valence-electron chi connectivity index (χ1n) is 8.26. The molecule has 1 aliphatic heterocycles. The van der Waals surface area contributed by atoms with Gasteiger partial charge in [-0.3, -0.25) is 4.57 Å². The lowest BCUT2D eigenvalue weighted by molar-refractivity contribution is 0.121. The van der Waals surface area contributed by atoms with E-state index in [1.165, 1.54) is 5.56 Å². The van der Waals surface area contributed by atoms with E-state index < -0.39 is 0 Å². The second-order valence-electron chi connectivity index (χ2n) is 6.30. The predicted molar refractivity (Wildman–Crippen MR) is 102 cm³/mol. The molecule has 0 unspecified atom stereocenters. The van der Waals surface area contributed by atoms with Crippen molar-refractivity contribution in [2.75, 3.05) is 31.2 Å². The molecule has 1 aromatic heterocycles. The van der Waals surface area contributed by atoms with Crippen LogP contribution in [-0.2, 0) is 17.0 Å². The van der Waals surface area contributed by atoms with Gasteiger partial charge in [-0.1, -0.05) is 53.7 Å². The molecular formula is C17H23BrN4OS. The monoisotopic (exact) mass is 410 g/mol. The maximum Gasteiger partial charge on any atom is 0.228 e. The number of nitrogens with zero attached hydrogens (tertiary/aromatic N) is 4. The molecule has 5 nitrogen and oxygen atoms in total. The molecule has 2 aromatic rings. The number of anilines is 1. The van der Waals surface area contributed by atoms with Crippen molar-refractivity contribution in [3.05, 3.63) is 34.3 Å². The van der Waals surface area contributed by atoms with Crippen molar-refractivity contribution in [2.24, 2.45) is 5.92 Å². The molecule has 0 saturated carbocycles. The third kappa shape index (κ3) is 4.52. The average Bonchev–Trinajstić information content (AvgIpc) is 2.97. The fourth-order valence-corrected chi connectivity index (χ4v) is 3.80. The number of hydrogen-bond donors (Lipinski definition) is 0. The average molecular weight is 411 g/mol. The van der Waals surface area contributed by atoms with Crippen LogP contribution in [0.15, 0.2) is 33.9 Å². The zero-order valence-corrected chi connectivity index (χ0v) is 16.5. The highest BCUT2D eigenvalue weighted by molar-refractivity contribution is 9.10. The number of hydrogen-bond acceptors (Lipinski definition) is 5. The van der Waals surface area contributed by atoms with E-state index >= 15 is 0 Å². The molecule has 0 spiro atoms. The van der Waals surface area contributed by atoms with Gasteiger partial charge in [-0.25, -0.2) is 0 Å².